The Morgan fingerprint density at radius 3 is 0.900 bits per heavy atom. The third-order valence-electron chi connectivity index (χ3n) is 24.1. The van der Waals surface area contributed by atoms with Crippen molar-refractivity contribution in [2.75, 3.05) is 39.6 Å². The van der Waals surface area contributed by atoms with Crippen molar-refractivity contribution < 1.29 is 28.4 Å². The van der Waals surface area contributed by atoms with Crippen LogP contribution >= 0.6 is 0 Å². The van der Waals surface area contributed by atoms with Crippen LogP contribution < -0.4 is 0 Å². The fraction of sp³-hybridized carbons (Fsp3) is 0.538. The van der Waals surface area contributed by atoms with Gasteiger partial charge in [-0.3, -0.25) is 0 Å². The second-order valence-corrected chi connectivity index (χ2v) is 34.5. The zero-order valence-electron chi connectivity index (χ0n) is 73.7. The van der Waals surface area contributed by atoms with Gasteiger partial charge in [-0.2, -0.15) is 0 Å². The third kappa shape index (κ3) is 29.9. The SMILES string of the molecule is CC1=CCC(CCCc2cc(C)c(C)cc2C)CO1.CC1=CCC(Cc2cc(C)c(C)cc2C)CO1.CCCC1=CCC(Cc2cc(C)c(C)cc2C)CO1.CCCC1CC=C(Cc2cc(C)c(C)cc2C)OC1.Cc1cc(C)c(CC2=CCC(C)CO2)cc1C.Cc1cc(C)c(CCCC2=CCC(C)CO2)cc1C. The highest BCUT2D eigenvalue weighted by Gasteiger charge is 2.21. The zero-order chi connectivity index (χ0) is 80.1. The number of aryl methyl sites for hydroxylation is 20. The van der Waals surface area contributed by atoms with Gasteiger partial charge < -0.3 is 28.4 Å². The number of hydrogen-bond donors (Lipinski definition) is 0. The molecule has 110 heavy (non-hydrogen) atoms. The maximum Gasteiger partial charge on any atom is 0.0964 e. The molecule has 6 heterocycles. The lowest BCUT2D eigenvalue weighted by Gasteiger charge is -2.24. The van der Waals surface area contributed by atoms with Crippen molar-refractivity contribution in [3.63, 3.8) is 0 Å². The van der Waals surface area contributed by atoms with Crippen molar-refractivity contribution in [3.05, 3.63) is 277 Å². The summed E-state index contributed by atoms with van der Waals surface area (Å²) in [5.41, 5.74) is 34.0. The molecule has 0 saturated heterocycles. The van der Waals surface area contributed by atoms with Gasteiger partial charge in [0.05, 0.1) is 74.2 Å². The van der Waals surface area contributed by atoms with Gasteiger partial charge in [0.25, 0.3) is 0 Å². The van der Waals surface area contributed by atoms with Crippen LogP contribution in [0.5, 0.6) is 0 Å². The summed E-state index contributed by atoms with van der Waals surface area (Å²) in [5, 5.41) is 0. The van der Waals surface area contributed by atoms with E-state index in [9.17, 15) is 0 Å². The number of rotatable bonds is 20. The molecule has 0 spiro atoms. The van der Waals surface area contributed by atoms with Gasteiger partial charge in [-0.05, 0) is 428 Å². The molecule has 6 aliphatic rings. The Hall–Kier alpha value is -7.44. The minimum absolute atomic E-state index is 0.638. The van der Waals surface area contributed by atoms with Gasteiger partial charge in [-0.1, -0.05) is 107 Å². The van der Waals surface area contributed by atoms with E-state index in [4.69, 9.17) is 28.4 Å². The van der Waals surface area contributed by atoms with E-state index in [1.54, 1.807) is 0 Å². The summed E-state index contributed by atoms with van der Waals surface area (Å²) < 4.78 is 34.6. The van der Waals surface area contributed by atoms with Crippen LogP contribution in [0.25, 0.3) is 0 Å². The molecule has 0 N–H and O–H groups in total. The van der Waals surface area contributed by atoms with Gasteiger partial charge in [0.15, 0.2) is 0 Å². The summed E-state index contributed by atoms with van der Waals surface area (Å²) >= 11 is 0. The molecule has 600 valence electrons. The molecule has 0 fully saturated rings. The first-order valence-electron chi connectivity index (χ1n) is 42.7. The molecule has 6 aromatic carbocycles. The number of benzene rings is 6. The normalized spacial score (nSPS) is 19.2. The van der Waals surface area contributed by atoms with Crippen LogP contribution in [-0.2, 0) is 66.9 Å². The van der Waals surface area contributed by atoms with Gasteiger partial charge in [-0.25, -0.2) is 0 Å². The first-order chi connectivity index (χ1) is 52.4. The Labute approximate surface area is 671 Å². The Morgan fingerprint density at radius 2 is 0.536 bits per heavy atom. The van der Waals surface area contributed by atoms with Gasteiger partial charge in [0.2, 0.25) is 0 Å². The minimum Gasteiger partial charge on any atom is -0.498 e. The molecular weight excluding hydrogens is 1350 g/mol. The zero-order valence-corrected chi connectivity index (χ0v) is 73.7. The van der Waals surface area contributed by atoms with E-state index in [1.807, 2.05) is 6.92 Å². The molecule has 6 nitrogen and oxygen atoms in total. The van der Waals surface area contributed by atoms with E-state index >= 15 is 0 Å². The van der Waals surface area contributed by atoms with Crippen LogP contribution in [0.2, 0.25) is 0 Å². The Kier molecular flexibility index (Phi) is 37.0. The minimum atomic E-state index is 0.638. The molecule has 0 aliphatic carbocycles. The summed E-state index contributed by atoms with van der Waals surface area (Å²) in [5.74, 6) is 11.0. The van der Waals surface area contributed by atoms with Crippen LogP contribution in [0.3, 0.4) is 0 Å². The third-order valence-corrected chi connectivity index (χ3v) is 24.1. The van der Waals surface area contributed by atoms with Crippen molar-refractivity contribution in [2.24, 2.45) is 35.5 Å². The largest absolute Gasteiger partial charge is 0.498 e. The summed E-state index contributed by atoms with van der Waals surface area (Å²) in [6, 6.07) is 27.8. The molecule has 0 saturated carbocycles. The van der Waals surface area contributed by atoms with Crippen LogP contribution in [0.1, 0.15) is 265 Å². The summed E-state index contributed by atoms with van der Waals surface area (Å²) in [4.78, 5) is 0. The summed E-state index contributed by atoms with van der Waals surface area (Å²) in [6.07, 6.45) is 36.8. The highest BCUT2D eigenvalue weighted by atomic mass is 16.5. The lowest BCUT2D eigenvalue weighted by molar-refractivity contribution is 0.137. The first-order valence-corrected chi connectivity index (χ1v) is 42.7. The summed E-state index contributed by atoms with van der Waals surface area (Å²) in [7, 11) is 0. The molecule has 12 rings (SSSR count). The second kappa shape index (κ2) is 45.3. The lowest BCUT2D eigenvalue weighted by atomic mass is 9.90. The molecule has 0 aromatic heterocycles. The van der Waals surface area contributed by atoms with Crippen LogP contribution in [0.15, 0.2) is 144 Å². The van der Waals surface area contributed by atoms with Gasteiger partial charge in [0.1, 0.15) is 0 Å². The predicted molar refractivity (Wildman–Crippen MR) is 470 cm³/mol. The lowest BCUT2D eigenvalue weighted by Crippen LogP contribution is -2.17. The highest BCUT2D eigenvalue weighted by molar-refractivity contribution is 5.42. The van der Waals surface area contributed by atoms with Gasteiger partial charge >= 0.3 is 0 Å². The molecule has 0 amide bonds. The fourth-order valence-electron chi connectivity index (χ4n) is 15.6. The van der Waals surface area contributed by atoms with Gasteiger partial charge in [-0.15, -0.1) is 0 Å². The molecule has 6 atom stereocenters. The monoisotopic (exact) mass is 1490 g/mol. The number of ether oxygens (including phenoxy) is 6. The van der Waals surface area contributed by atoms with Crippen LogP contribution in [-0.4, -0.2) is 39.6 Å². The highest BCUT2D eigenvalue weighted by Crippen LogP contribution is 2.32. The molecule has 6 unspecified atom stereocenters. The van der Waals surface area contributed by atoms with E-state index in [0.29, 0.717) is 23.7 Å². The predicted octanol–water partition coefficient (Wildman–Crippen LogP) is 27.7. The molecule has 6 heteroatoms. The second-order valence-electron chi connectivity index (χ2n) is 34.5. The average Bonchev–Trinajstić information content (AvgIpc) is 0.857. The molecule has 6 aromatic rings. The molecule has 0 radical (unpaired) electrons. The average molecular weight is 1490 g/mol. The molecule has 0 bridgehead atoms. The van der Waals surface area contributed by atoms with E-state index in [0.717, 1.165) is 127 Å². The van der Waals surface area contributed by atoms with E-state index in [-0.39, 0.29) is 0 Å². The fourth-order valence-corrected chi connectivity index (χ4v) is 15.6. The number of allylic oxidation sites excluding steroid dienone is 12. The molecular formula is C104H148O6. The van der Waals surface area contributed by atoms with Crippen LogP contribution in [0.4, 0.5) is 0 Å². The smallest absolute Gasteiger partial charge is 0.0964 e. The molecule has 6 aliphatic heterocycles. The van der Waals surface area contributed by atoms with Crippen molar-refractivity contribution in [1.82, 2.24) is 0 Å². The van der Waals surface area contributed by atoms with E-state index in [1.165, 1.54) is 221 Å². The van der Waals surface area contributed by atoms with Crippen molar-refractivity contribution in [3.8, 4) is 0 Å². The van der Waals surface area contributed by atoms with Gasteiger partial charge in [0, 0.05) is 37.5 Å². The van der Waals surface area contributed by atoms with E-state index < -0.39 is 0 Å². The Balaban J connectivity index is 0.000000184. The standard InChI is InChI=1S/4C18H26O.2C16H22O/c1-13-10-15(3)18(11-14(13)2)7-5-6-17-9-8-16(4)19-12-17;1-13-8-9-18(19-12-13)7-5-6-17-11-15(3)14(2)10-16(17)4;1-5-6-18-8-7-16(12-19-18)11-17-10-14(3)13(2)9-15(17)4;1-5-6-16-7-8-18(19-12-16)11-17-10-14(3)13(2)9-15(17)4;1-11-7-13(3)16(8-12(11)2)9-15-6-5-14(4)17-10-15;1-11-5-6-16(17-10-11)9-15-8-13(3)12(2)7-14(15)4/h8,10-11,17H,5-7,9,12H2,1-4H3;9-11,13H,5-8,12H2,1-4H3;2*8-10,16H,5-7,11-12H2,1-4H3;5,7-8,15H,6,9-10H2,1-4H3;6-8,11H,5,9-10H2,1-4H3. The summed E-state index contributed by atoms with van der Waals surface area (Å²) in [6.45, 7) is 57.9. The maximum atomic E-state index is 5.93. The van der Waals surface area contributed by atoms with E-state index in [2.05, 4.69) is 268 Å². The van der Waals surface area contributed by atoms with Crippen molar-refractivity contribution in [2.45, 2.75) is 295 Å². The Morgan fingerprint density at radius 1 is 0.245 bits per heavy atom. The quantitative estimate of drug-likeness (QED) is 0.0759. The maximum absolute atomic E-state index is 5.93. The Bertz CT molecular complexity index is 4140. The van der Waals surface area contributed by atoms with Crippen LogP contribution in [0, 0.1) is 160 Å². The topological polar surface area (TPSA) is 55.4 Å². The van der Waals surface area contributed by atoms with Crippen molar-refractivity contribution in [1.29, 1.82) is 0 Å². The number of hydrogen-bond acceptors (Lipinski definition) is 6. The van der Waals surface area contributed by atoms with Crippen molar-refractivity contribution >= 4 is 0 Å². The first kappa shape index (κ1) is 89.8.